The first-order valence-electron chi connectivity index (χ1n) is 7.86. The van der Waals surface area contributed by atoms with Gasteiger partial charge in [0.25, 0.3) is 0 Å². The van der Waals surface area contributed by atoms with Gasteiger partial charge in [-0.25, -0.2) is 15.0 Å². The van der Waals surface area contributed by atoms with E-state index in [4.69, 9.17) is 21.3 Å². The molecule has 7 heteroatoms. The van der Waals surface area contributed by atoms with E-state index < -0.39 is 6.10 Å². The zero-order chi connectivity index (χ0) is 18.1. The third-order valence-electron chi connectivity index (χ3n) is 3.97. The molecule has 0 aliphatic carbocycles. The van der Waals surface area contributed by atoms with Gasteiger partial charge in [0.1, 0.15) is 17.5 Å². The number of benzene rings is 2. The maximum absolute atomic E-state index is 10.9. The van der Waals surface area contributed by atoms with Crippen molar-refractivity contribution in [1.29, 1.82) is 0 Å². The molecule has 4 aromatic rings. The van der Waals surface area contributed by atoms with Crippen molar-refractivity contribution in [3.05, 3.63) is 69.8 Å². The number of aromatic nitrogens is 3. The predicted octanol–water partition coefficient (Wildman–Crippen LogP) is 4.50. The Bertz CT molecular complexity index is 1070. The van der Waals surface area contributed by atoms with Gasteiger partial charge in [-0.1, -0.05) is 41.9 Å². The fourth-order valence-electron chi connectivity index (χ4n) is 2.70. The van der Waals surface area contributed by atoms with E-state index in [0.29, 0.717) is 32.0 Å². The van der Waals surface area contributed by atoms with Crippen LogP contribution in [0.15, 0.2) is 54.7 Å². The number of aliphatic hydroxyl groups is 1. The van der Waals surface area contributed by atoms with E-state index in [1.54, 1.807) is 19.4 Å². The van der Waals surface area contributed by atoms with Crippen molar-refractivity contribution in [3.8, 4) is 17.0 Å². The van der Waals surface area contributed by atoms with Crippen LogP contribution in [0.3, 0.4) is 0 Å². The average molecular weight is 384 g/mol. The highest BCUT2D eigenvalue weighted by Gasteiger charge is 2.22. The van der Waals surface area contributed by atoms with Crippen LogP contribution in [0, 0.1) is 0 Å². The summed E-state index contributed by atoms with van der Waals surface area (Å²) in [6, 6.07) is 15.2. The number of nitrogens with zero attached hydrogens (tertiary/aromatic N) is 3. The lowest BCUT2D eigenvalue weighted by atomic mass is 10.1. The fourth-order valence-corrected chi connectivity index (χ4v) is 3.64. The lowest BCUT2D eigenvalue weighted by Crippen LogP contribution is -2.06. The van der Waals surface area contributed by atoms with Crippen LogP contribution in [0.5, 0.6) is 5.75 Å². The van der Waals surface area contributed by atoms with Crippen molar-refractivity contribution in [2.45, 2.75) is 6.10 Å². The number of aliphatic hydroxyl groups excluding tert-OH is 1. The van der Waals surface area contributed by atoms with Gasteiger partial charge in [0.15, 0.2) is 4.47 Å². The van der Waals surface area contributed by atoms with Gasteiger partial charge in [0.05, 0.1) is 28.7 Å². The topological polar surface area (TPSA) is 68.1 Å². The largest absolute Gasteiger partial charge is 0.497 e. The summed E-state index contributed by atoms with van der Waals surface area (Å²) >= 11 is 7.15. The Morgan fingerprint density at radius 3 is 2.58 bits per heavy atom. The van der Waals surface area contributed by atoms with Crippen LogP contribution in [-0.4, -0.2) is 27.2 Å². The lowest BCUT2D eigenvalue weighted by Gasteiger charge is -2.14. The molecule has 1 atom stereocenters. The minimum absolute atomic E-state index is 0.371. The summed E-state index contributed by atoms with van der Waals surface area (Å²) in [5.41, 5.74) is 3.33. The highest BCUT2D eigenvalue weighted by atomic mass is 35.5. The van der Waals surface area contributed by atoms with Gasteiger partial charge >= 0.3 is 0 Å². The van der Waals surface area contributed by atoms with E-state index >= 15 is 0 Å². The maximum atomic E-state index is 10.9. The average Bonchev–Trinajstić information content (AvgIpc) is 3.13. The number of ether oxygens (including phenoxy) is 1. The minimum atomic E-state index is -0.974. The van der Waals surface area contributed by atoms with E-state index in [9.17, 15) is 5.11 Å². The molecule has 2 aromatic carbocycles. The Morgan fingerprint density at radius 2 is 1.88 bits per heavy atom. The van der Waals surface area contributed by atoms with Gasteiger partial charge in [-0.2, -0.15) is 0 Å². The Labute approximate surface area is 158 Å². The molecule has 4 rings (SSSR count). The van der Waals surface area contributed by atoms with Crippen LogP contribution in [-0.2, 0) is 0 Å². The smallest absolute Gasteiger partial charge is 0.183 e. The van der Waals surface area contributed by atoms with E-state index in [-0.39, 0.29) is 0 Å². The summed E-state index contributed by atoms with van der Waals surface area (Å²) in [6.45, 7) is 0. The van der Waals surface area contributed by atoms with E-state index in [2.05, 4.69) is 9.97 Å². The zero-order valence-corrected chi connectivity index (χ0v) is 15.3. The predicted molar refractivity (Wildman–Crippen MR) is 103 cm³/mol. The first-order valence-corrected chi connectivity index (χ1v) is 9.05. The molecular formula is C19H14ClN3O2S. The molecule has 0 aliphatic rings. The first-order chi connectivity index (χ1) is 12.7. The third-order valence-corrected chi connectivity index (χ3v) is 5.14. The molecule has 0 radical (unpaired) electrons. The number of rotatable bonds is 4. The van der Waals surface area contributed by atoms with Gasteiger partial charge < -0.3 is 9.84 Å². The van der Waals surface area contributed by atoms with Crippen LogP contribution in [0.4, 0.5) is 0 Å². The number of hydrogen-bond acceptors (Lipinski definition) is 6. The lowest BCUT2D eigenvalue weighted by molar-refractivity contribution is 0.219. The number of methoxy groups -OCH3 is 1. The molecular weight excluding hydrogens is 370 g/mol. The summed E-state index contributed by atoms with van der Waals surface area (Å²) < 4.78 is 5.64. The molecule has 0 saturated carbocycles. The van der Waals surface area contributed by atoms with Crippen LogP contribution in [0.1, 0.15) is 16.7 Å². The van der Waals surface area contributed by atoms with Crippen molar-refractivity contribution >= 4 is 34.0 Å². The van der Waals surface area contributed by atoms with Crippen molar-refractivity contribution < 1.29 is 9.84 Å². The number of halogens is 1. The highest BCUT2D eigenvalue weighted by Crippen LogP contribution is 2.34. The van der Waals surface area contributed by atoms with Crippen LogP contribution < -0.4 is 4.74 Å². The second-order valence-corrected chi connectivity index (χ2v) is 7.24. The Hall–Kier alpha value is -2.54. The van der Waals surface area contributed by atoms with Crippen molar-refractivity contribution in [1.82, 2.24) is 15.0 Å². The monoisotopic (exact) mass is 383 g/mol. The summed E-state index contributed by atoms with van der Waals surface area (Å²) in [5, 5.41) is 10.9. The molecule has 5 nitrogen and oxygen atoms in total. The molecule has 26 heavy (non-hydrogen) atoms. The van der Waals surface area contributed by atoms with Crippen LogP contribution in [0.25, 0.3) is 22.3 Å². The van der Waals surface area contributed by atoms with Gasteiger partial charge in [-0.3, -0.25) is 0 Å². The van der Waals surface area contributed by atoms with E-state index in [1.165, 1.54) is 11.3 Å². The number of thiazole rings is 1. The quantitative estimate of drug-likeness (QED) is 0.562. The van der Waals surface area contributed by atoms with Crippen molar-refractivity contribution in [2.24, 2.45) is 0 Å². The van der Waals surface area contributed by atoms with Gasteiger partial charge in [0, 0.05) is 17.8 Å². The Balaban J connectivity index is 1.94. The minimum Gasteiger partial charge on any atom is -0.497 e. The number of hydrogen-bond donors (Lipinski definition) is 1. The molecule has 0 spiro atoms. The van der Waals surface area contributed by atoms with Crippen LogP contribution in [0.2, 0.25) is 4.47 Å². The molecule has 2 heterocycles. The normalized spacial score (nSPS) is 12.3. The molecule has 0 fully saturated rings. The number of fused-ring (bicyclic) bond motifs is 1. The molecule has 1 unspecified atom stereocenters. The van der Waals surface area contributed by atoms with E-state index in [1.807, 2.05) is 42.5 Å². The molecule has 0 aliphatic heterocycles. The second kappa shape index (κ2) is 6.99. The van der Waals surface area contributed by atoms with Gasteiger partial charge in [0.2, 0.25) is 0 Å². The van der Waals surface area contributed by atoms with Gasteiger partial charge in [-0.15, -0.1) is 11.3 Å². The summed E-state index contributed by atoms with van der Waals surface area (Å²) in [7, 11) is 1.60. The Morgan fingerprint density at radius 1 is 1.08 bits per heavy atom. The van der Waals surface area contributed by atoms with E-state index in [0.717, 1.165) is 11.1 Å². The van der Waals surface area contributed by atoms with Crippen LogP contribution >= 0.6 is 22.9 Å². The molecule has 130 valence electrons. The van der Waals surface area contributed by atoms with Gasteiger partial charge in [-0.05, 0) is 12.1 Å². The maximum Gasteiger partial charge on any atom is 0.183 e. The third kappa shape index (κ3) is 3.14. The Kier molecular flexibility index (Phi) is 4.55. The first kappa shape index (κ1) is 16.9. The molecule has 0 amide bonds. The summed E-state index contributed by atoms with van der Waals surface area (Å²) in [4.78, 5) is 14.1. The summed E-state index contributed by atoms with van der Waals surface area (Å²) in [6.07, 6.45) is 0.586. The molecule has 2 aromatic heterocycles. The summed E-state index contributed by atoms with van der Waals surface area (Å²) in [5.74, 6) is 0.681. The standard InChI is InChI=1S/C19H14ClN3O2S/c1-25-12-7-8-13-14(9-12)23-17(18(24)15-10-21-19(20)26-15)16(22-13)11-5-3-2-4-6-11/h2-10,18,24H,1H3. The molecule has 0 bridgehead atoms. The highest BCUT2D eigenvalue weighted by molar-refractivity contribution is 7.15. The van der Waals surface area contributed by atoms with Crippen molar-refractivity contribution in [3.63, 3.8) is 0 Å². The van der Waals surface area contributed by atoms with Crippen molar-refractivity contribution in [2.75, 3.05) is 7.11 Å². The zero-order valence-electron chi connectivity index (χ0n) is 13.8. The molecule has 0 saturated heterocycles. The SMILES string of the molecule is COc1ccc2nc(-c3ccccc3)c(C(O)c3cnc(Cl)s3)nc2c1. The second-order valence-electron chi connectivity index (χ2n) is 5.60. The fraction of sp³-hybridized carbons (Fsp3) is 0.105. The molecule has 1 N–H and O–H groups in total.